The van der Waals surface area contributed by atoms with Crippen molar-refractivity contribution in [3.8, 4) is 0 Å². The highest BCUT2D eigenvalue weighted by atomic mass is 35.5. The van der Waals surface area contributed by atoms with Crippen LogP contribution in [0.3, 0.4) is 0 Å². The third kappa shape index (κ3) is 4.10. The van der Waals surface area contributed by atoms with Crippen LogP contribution in [0.25, 0.3) is 0 Å². The van der Waals surface area contributed by atoms with Gasteiger partial charge in [0, 0.05) is 18.5 Å². The summed E-state index contributed by atoms with van der Waals surface area (Å²) in [5.74, 6) is 0.0641. The van der Waals surface area contributed by atoms with Crippen molar-refractivity contribution in [2.24, 2.45) is 0 Å². The second-order valence-electron chi connectivity index (χ2n) is 3.98. The maximum absolute atomic E-state index is 12.1. The quantitative estimate of drug-likeness (QED) is 0.925. The molecule has 0 radical (unpaired) electrons. The van der Waals surface area contributed by atoms with Gasteiger partial charge in [-0.1, -0.05) is 11.6 Å². The minimum atomic E-state index is -0.218. The number of carbonyl (C=O) groups is 1. The molecule has 1 aromatic rings. The lowest BCUT2D eigenvalue weighted by atomic mass is 10.2. The molecule has 4 nitrogen and oxygen atoms in total. The van der Waals surface area contributed by atoms with Gasteiger partial charge in [0.2, 0.25) is 5.91 Å². The van der Waals surface area contributed by atoms with Crippen molar-refractivity contribution in [3.05, 3.63) is 21.3 Å². The van der Waals surface area contributed by atoms with Crippen LogP contribution in [0.15, 0.2) is 12.1 Å². The van der Waals surface area contributed by atoms with Crippen LogP contribution in [0, 0.1) is 0 Å². The number of halogens is 2. The van der Waals surface area contributed by atoms with E-state index in [1.54, 1.807) is 11.9 Å². The van der Waals surface area contributed by atoms with Gasteiger partial charge in [-0.05, 0) is 12.1 Å². The van der Waals surface area contributed by atoms with Crippen LogP contribution in [0.4, 0.5) is 0 Å². The molecule has 1 unspecified atom stereocenters. The van der Waals surface area contributed by atoms with Gasteiger partial charge in [-0.15, -0.1) is 23.7 Å². The van der Waals surface area contributed by atoms with Gasteiger partial charge in [0.05, 0.1) is 24.1 Å². The Morgan fingerprint density at radius 3 is 3.00 bits per heavy atom. The lowest BCUT2D eigenvalue weighted by Crippen LogP contribution is -2.51. The predicted molar refractivity (Wildman–Crippen MR) is 75.7 cm³/mol. The number of hydrogen-bond donors (Lipinski definition) is 1. The van der Waals surface area contributed by atoms with E-state index >= 15 is 0 Å². The summed E-state index contributed by atoms with van der Waals surface area (Å²) in [5, 5.41) is 3.15. The summed E-state index contributed by atoms with van der Waals surface area (Å²) in [6, 6.07) is 3.58. The molecule has 1 atom stereocenters. The second-order valence-corrected chi connectivity index (χ2v) is 5.78. The lowest BCUT2D eigenvalue weighted by Gasteiger charge is -2.27. The van der Waals surface area contributed by atoms with E-state index in [9.17, 15) is 4.79 Å². The van der Waals surface area contributed by atoms with Crippen LogP contribution in [-0.4, -0.2) is 43.7 Å². The zero-order chi connectivity index (χ0) is 12.3. The van der Waals surface area contributed by atoms with Gasteiger partial charge in [-0.2, -0.15) is 0 Å². The molecule has 102 valence electrons. The number of likely N-dealkylation sites (N-methyl/N-ethyl adjacent to an activating group) is 1. The Morgan fingerprint density at radius 1 is 1.67 bits per heavy atom. The van der Waals surface area contributed by atoms with Crippen molar-refractivity contribution in [1.82, 2.24) is 10.2 Å². The fourth-order valence-corrected chi connectivity index (χ4v) is 2.88. The third-order valence-electron chi connectivity index (χ3n) is 2.62. The summed E-state index contributed by atoms with van der Waals surface area (Å²) in [4.78, 5) is 14.9. The second kappa shape index (κ2) is 7.31. The highest BCUT2D eigenvalue weighted by Crippen LogP contribution is 2.22. The van der Waals surface area contributed by atoms with Crippen LogP contribution in [-0.2, 0) is 16.1 Å². The largest absolute Gasteiger partial charge is 0.378 e. The van der Waals surface area contributed by atoms with Crippen molar-refractivity contribution in [3.63, 3.8) is 0 Å². The molecule has 1 fully saturated rings. The molecule has 0 aliphatic carbocycles. The van der Waals surface area contributed by atoms with E-state index in [2.05, 4.69) is 5.32 Å². The van der Waals surface area contributed by atoms with Gasteiger partial charge in [-0.25, -0.2) is 0 Å². The van der Waals surface area contributed by atoms with Crippen molar-refractivity contribution in [1.29, 1.82) is 0 Å². The normalized spacial score (nSPS) is 19.1. The lowest BCUT2D eigenvalue weighted by molar-refractivity contribution is -0.135. The van der Waals surface area contributed by atoms with Crippen LogP contribution >= 0.6 is 35.3 Å². The molecule has 0 spiro atoms. The van der Waals surface area contributed by atoms with E-state index in [0.29, 0.717) is 19.8 Å². The first-order chi connectivity index (χ1) is 8.16. The Labute approximate surface area is 122 Å². The van der Waals surface area contributed by atoms with Gasteiger partial charge >= 0.3 is 0 Å². The molecule has 1 aliphatic rings. The number of amides is 1. The molecule has 1 amide bonds. The Kier molecular flexibility index (Phi) is 6.38. The molecule has 2 rings (SSSR count). The van der Waals surface area contributed by atoms with Gasteiger partial charge in [-0.3, -0.25) is 4.79 Å². The number of hydrogen-bond acceptors (Lipinski definition) is 4. The third-order valence-corrected chi connectivity index (χ3v) is 3.83. The topological polar surface area (TPSA) is 41.6 Å². The molecule has 18 heavy (non-hydrogen) atoms. The van der Waals surface area contributed by atoms with Crippen molar-refractivity contribution < 1.29 is 9.53 Å². The van der Waals surface area contributed by atoms with Crippen LogP contribution < -0.4 is 5.32 Å². The number of rotatable bonds is 3. The van der Waals surface area contributed by atoms with Crippen LogP contribution in [0.1, 0.15) is 4.88 Å². The molecule has 1 aliphatic heterocycles. The van der Waals surface area contributed by atoms with Crippen LogP contribution in [0.5, 0.6) is 0 Å². The molecular formula is C11H16Cl2N2O2S. The minimum Gasteiger partial charge on any atom is -0.378 e. The number of nitrogens with one attached hydrogen (secondary N) is 1. The van der Waals surface area contributed by atoms with Gasteiger partial charge in [0.15, 0.2) is 0 Å². The summed E-state index contributed by atoms with van der Waals surface area (Å²) in [6.07, 6.45) is 0. The van der Waals surface area contributed by atoms with E-state index in [0.717, 1.165) is 15.8 Å². The number of carbonyl (C=O) groups excluding carboxylic acids is 1. The van der Waals surface area contributed by atoms with Crippen LogP contribution in [0.2, 0.25) is 4.34 Å². The fourth-order valence-electron chi connectivity index (χ4n) is 1.74. The van der Waals surface area contributed by atoms with Gasteiger partial charge in [0.1, 0.15) is 6.04 Å². The first kappa shape index (κ1) is 15.7. The van der Waals surface area contributed by atoms with E-state index in [-0.39, 0.29) is 24.4 Å². The summed E-state index contributed by atoms with van der Waals surface area (Å²) in [6.45, 7) is 2.45. The molecule has 1 N–H and O–H groups in total. The average Bonchev–Trinajstić information content (AvgIpc) is 2.75. The molecule has 2 heterocycles. The monoisotopic (exact) mass is 310 g/mol. The molecule has 0 saturated carbocycles. The van der Waals surface area contributed by atoms with Crippen molar-refractivity contribution in [2.75, 3.05) is 26.8 Å². The van der Waals surface area contributed by atoms with Gasteiger partial charge < -0.3 is 15.0 Å². The fraction of sp³-hybridized carbons (Fsp3) is 0.545. The Bertz CT molecular complexity index is 394. The summed E-state index contributed by atoms with van der Waals surface area (Å²) in [5.41, 5.74) is 0. The van der Waals surface area contributed by atoms with Gasteiger partial charge in [0.25, 0.3) is 0 Å². The Morgan fingerprint density at radius 2 is 2.44 bits per heavy atom. The molecule has 1 aromatic heterocycles. The molecule has 0 bridgehead atoms. The molecule has 0 aromatic carbocycles. The Balaban J connectivity index is 0.00000162. The standard InChI is InChI=1S/C11H15ClN2O2S.ClH/c1-14(6-8-2-3-10(12)17-8)11(15)9-7-16-5-4-13-9;/h2-3,9,13H,4-7H2,1H3;1H. The Hall–Kier alpha value is -0.330. The van der Waals surface area contributed by atoms with E-state index in [1.165, 1.54) is 11.3 Å². The first-order valence-corrected chi connectivity index (χ1v) is 6.66. The molecular weight excluding hydrogens is 295 g/mol. The highest BCUT2D eigenvalue weighted by molar-refractivity contribution is 7.16. The van der Waals surface area contributed by atoms with E-state index in [4.69, 9.17) is 16.3 Å². The van der Waals surface area contributed by atoms with Crippen molar-refractivity contribution >= 4 is 41.3 Å². The zero-order valence-electron chi connectivity index (χ0n) is 10.0. The number of thiophene rings is 1. The minimum absolute atomic E-state index is 0. The SMILES string of the molecule is CN(Cc1ccc(Cl)s1)C(=O)C1COCCN1.Cl. The maximum Gasteiger partial charge on any atom is 0.242 e. The smallest absolute Gasteiger partial charge is 0.242 e. The number of morpholine rings is 1. The van der Waals surface area contributed by atoms with E-state index in [1.807, 2.05) is 12.1 Å². The highest BCUT2D eigenvalue weighted by Gasteiger charge is 2.24. The number of ether oxygens (including phenoxy) is 1. The zero-order valence-corrected chi connectivity index (χ0v) is 12.4. The summed E-state index contributed by atoms with van der Waals surface area (Å²) < 4.78 is 6.03. The van der Waals surface area contributed by atoms with E-state index < -0.39 is 0 Å². The summed E-state index contributed by atoms with van der Waals surface area (Å²) in [7, 11) is 1.80. The predicted octanol–water partition coefficient (Wildman–Crippen LogP) is 1.77. The average molecular weight is 311 g/mol. The number of nitrogens with zero attached hydrogens (tertiary/aromatic N) is 1. The summed E-state index contributed by atoms with van der Waals surface area (Å²) >= 11 is 7.35. The first-order valence-electron chi connectivity index (χ1n) is 5.47. The van der Waals surface area contributed by atoms with Crippen molar-refractivity contribution in [2.45, 2.75) is 12.6 Å². The molecule has 7 heteroatoms. The molecule has 1 saturated heterocycles. The maximum atomic E-state index is 12.1.